The second kappa shape index (κ2) is 6.31. The van der Waals surface area contributed by atoms with E-state index in [1.165, 1.54) is 18.5 Å². The minimum atomic E-state index is 0.373. The molecule has 1 unspecified atom stereocenters. The van der Waals surface area contributed by atoms with E-state index in [1.807, 2.05) is 7.05 Å². The number of rotatable bonds is 4. The van der Waals surface area contributed by atoms with Gasteiger partial charge in [-0.05, 0) is 68.6 Å². The van der Waals surface area contributed by atoms with Crippen LogP contribution in [0.4, 0.5) is 0 Å². The van der Waals surface area contributed by atoms with Crippen LogP contribution in [0, 0.1) is 3.57 Å². The summed E-state index contributed by atoms with van der Waals surface area (Å²) in [7, 11) is 2.02. The Morgan fingerprint density at radius 2 is 2.12 bits per heavy atom. The first-order valence-corrected chi connectivity index (χ1v) is 8.11. The molecule has 0 aliphatic carbocycles. The van der Waals surface area contributed by atoms with Crippen molar-refractivity contribution in [2.75, 3.05) is 7.05 Å². The zero-order valence-corrected chi connectivity index (χ0v) is 14.0. The van der Waals surface area contributed by atoms with Gasteiger partial charge in [-0.1, -0.05) is 18.2 Å². The predicted octanol–water partition coefficient (Wildman–Crippen LogP) is 4.62. The highest BCUT2D eigenvalue weighted by Gasteiger charge is 2.14. The van der Waals surface area contributed by atoms with E-state index in [1.54, 1.807) is 11.3 Å². The molecule has 1 aromatic heterocycles. The van der Waals surface area contributed by atoms with Crippen LogP contribution in [-0.2, 0) is 6.42 Å². The molecule has 0 aliphatic heterocycles. The fourth-order valence-corrected chi connectivity index (χ4v) is 4.11. The number of hydrogen-bond donors (Lipinski definition) is 1. The molecule has 2 rings (SSSR count). The van der Waals surface area contributed by atoms with Crippen LogP contribution in [0.3, 0.4) is 0 Å². The summed E-state index contributed by atoms with van der Waals surface area (Å²) in [5, 5.41) is 5.53. The van der Waals surface area contributed by atoms with Crippen LogP contribution in [0.15, 0.2) is 40.2 Å². The number of nitrogens with one attached hydrogen (secondary N) is 1. The van der Waals surface area contributed by atoms with Crippen LogP contribution in [0.5, 0.6) is 0 Å². The van der Waals surface area contributed by atoms with E-state index in [-0.39, 0.29) is 0 Å². The Hall–Kier alpha value is 0.0900. The number of hydrogen-bond acceptors (Lipinski definition) is 2. The average Bonchev–Trinajstić information content (AvgIpc) is 2.73. The molecule has 4 heteroatoms. The van der Waals surface area contributed by atoms with E-state index < -0.39 is 0 Å². The molecule has 0 saturated carbocycles. The standard InChI is InChI=1S/C13H13BrINS/c1-16-12(8-13-10(14)6-7-17-13)9-4-2-3-5-11(9)15/h2-7,12,16H,8H2,1H3. The van der Waals surface area contributed by atoms with Gasteiger partial charge in [0.2, 0.25) is 0 Å². The van der Waals surface area contributed by atoms with Crippen LogP contribution in [-0.4, -0.2) is 7.05 Å². The van der Waals surface area contributed by atoms with Crippen molar-refractivity contribution in [3.05, 3.63) is 54.2 Å². The summed E-state index contributed by atoms with van der Waals surface area (Å²) in [5.74, 6) is 0. The highest BCUT2D eigenvalue weighted by molar-refractivity contribution is 14.1. The fraction of sp³-hybridized carbons (Fsp3) is 0.231. The molecule has 0 spiro atoms. The molecule has 90 valence electrons. The molecule has 1 atom stereocenters. The van der Waals surface area contributed by atoms with Gasteiger partial charge in [-0.25, -0.2) is 0 Å². The van der Waals surface area contributed by atoms with Crippen LogP contribution < -0.4 is 5.32 Å². The highest BCUT2D eigenvalue weighted by atomic mass is 127. The maximum absolute atomic E-state index is 3.60. The van der Waals surface area contributed by atoms with E-state index in [0.717, 1.165) is 6.42 Å². The Labute approximate surface area is 128 Å². The predicted molar refractivity (Wildman–Crippen MR) is 86.7 cm³/mol. The molecule has 1 aromatic carbocycles. The van der Waals surface area contributed by atoms with Crippen LogP contribution in [0.2, 0.25) is 0 Å². The molecule has 0 bridgehead atoms. The lowest BCUT2D eigenvalue weighted by Gasteiger charge is -2.17. The Balaban J connectivity index is 2.23. The van der Waals surface area contributed by atoms with Crippen molar-refractivity contribution < 1.29 is 0 Å². The lowest BCUT2D eigenvalue weighted by atomic mass is 10.0. The minimum absolute atomic E-state index is 0.373. The van der Waals surface area contributed by atoms with Gasteiger partial charge in [0.15, 0.2) is 0 Å². The first kappa shape index (κ1) is 13.5. The van der Waals surface area contributed by atoms with Gasteiger partial charge in [0, 0.05) is 25.4 Å². The summed E-state index contributed by atoms with van der Waals surface area (Å²) < 4.78 is 2.53. The van der Waals surface area contributed by atoms with Gasteiger partial charge >= 0.3 is 0 Å². The molecule has 0 fully saturated rings. The minimum Gasteiger partial charge on any atom is -0.313 e. The van der Waals surface area contributed by atoms with Gasteiger partial charge in [-0.15, -0.1) is 11.3 Å². The first-order chi connectivity index (χ1) is 8.22. The summed E-state index contributed by atoms with van der Waals surface area (Å²) in [5.41, 5.74) is 1.37. The van der Waals surface area contributed by atoms with Gasteiger partial charge in [0.25, 0.3) is 0 Å². The van der Waals surface area contributed by atoms with E-state index >= 15 is 0 Å². The third-order valence-electron chi connectivity index (χ3n) is 2.71. The molecule has 1 heterocycles. The Kier molecular flexibility index (Phi) is 5.02. The van der Waals surface area contributed by atoms with Crippen molar-refractivity contribution in [3.8, 4) is 0 Å². The summed E-state index contributed by atoms with van der Waals surface area (Å²) in [6, 6.07) is 11.0. The molecule has 0 radical (unpaired) electrons. The third kappa shape index (κ3) is 3.30. The summed E-state index contributed by atoms with van der Waals surface area (Å²) in [6.07, 6.45) is 1.02. The monoisotopic (exact) mass is 421 g/mol. The summed E-state index contributed by atoms with van der Waals surface area (Å²) in [4.78, 5) is 1.39. The topological polar surface area (TPSA) is 12.0 Å². The van der Waals surface area contributed by atoms with Gasteiger partial charge in [-0.3, -0.25) is 0 Å². The van der Waals surface area contributed by atoms with E-state index in [2.05, 4.69) is 79.5 Å². The zero-order chi connectivity index (χ0) is 12.3. The maximum atomic E-state index is 3.60. The SMILES string of the molecule is CNC(Cc1sccc1Br)c1ccccc1I. The van der Waals surface area contributed by atoms with E-state index in [0.29, 0.717) is 6.04 Å². The van der Waals surface area contributed by atoms with Crippen molar-refractivity contribution in [1.82, 2.24) is 5.32 Å². The Morgan fingerprint density at radius 3 is 2.71 bits per heavy atom. The number of thiophene rings is 1. The lowest BCUT2D eigenvalue weighted by Crippen LogP contribution is -2.19. The molecule has 0 saturated heterocycles. The van der Waals surface area contributed by atoms with Crippen LogP contribution >= 0.6 is 49.9 Å². The maximum Gasteiger partial charge on any atom is 0.0377 e. The summed E-state index contributed by atoms with van der Waals surface area (Å²) in [6.45, 7) is 0. The normalized spacial score (nSPS) is 12.6. The van der Waals surface area contributed by atoms with Crippen LogP contribution in [0.25, 0.3) is 0 Å². The Morgan fingerprint density at radius 1 is 1.35 bits per heavy atom. The second-order valence-corrected chi connectivity index (χ2v) is 6.78. The average molecular weight is 422 g/mol. The van der Waals surface area contributed by atoms with Crippen molar-refractivity contribution in [2.24, 2.45) is 0 Å². The largest absolute Gasteiger partial charge is 0.313 e. The quantitative estimate of drug-likeness (QED) is 0.710. The van der Waals surface area contributed by atoms with Gasteiger partial charge in [0.05, 0.1) is 0 Å². The van der Waals surface area contributed by atoms with Crippen molar-refractivity contribution in [1.29, 1.82) is 0 Å². The molecule has 2 aromatic rings. The number of likely N-dealkylation sites (N-methyl/N-ethyl adjacent to an activating group) is 1. The van der Waals surface area contributed by atoms with Gasteiger partial charge in [0.1, 0.15) is 0 Å². The molecule has 0 aliphatic rings. The molecular formula is C13H13BrINS. The fourth-order valence-electron chi connectivity index (χ4n) is 1.78. The molecule has 0 amide bonds. The first-order valence-electron chi connectivity index (χ1n) is 5.36. The zero-order valence-electron chi connectivity index (χ0n) is 9.41. The van der Waals surface area contributed by atoms with E-state index in [4.69, 9.17) is 0 Å². The van der Waals surface area contributed by atoms with Crippen molar-refractivity contribution in [2.45, 2.75) is 12.5 Å². The second-order valence-electron chi connectivity index (χ2n) is 3.76. The smallest absolute Gasteiger partial charge is 0.0377 e. The number of benzene rings is 1. The Bertz CT molecular complexity index is 498. The van der Waals surface area contributed by atoms with Crippen LogP contribution in [0.1, 0.15) is 16.5 Å². The van der Waals surface area contributed by atoms with E-state index in [9.17, 15) is 0 Å². The van der Waals surface area contributed by atoms with Gasteiger partial charge in [-0.2, -0.15) is 0 Å². The van der Waals surface area contributed by atoms with Gasteiger partial charge < -0.3 is 5.32 Å². The van der Waals surface area contributed by atoms with Crippen molar-refractivity contribution >= 4 is 49.9 Å². The molecule has 1 nitrogen and oxygen atoms in total. The summed E-state index contributed by atoms with van der Waals surface area (Å²) >= 11 is 7.80. The lowest BCUT2D eigenvalue weighted by molar-refractivity contribution is 0.593. The molecule has 1 N–H and O–H groups in total. The molecule has 17 heavy (non-hydrogen) atoms. The number of halogens is 2. The molecular weight excluding hydrogens is 409 g/mol. The van der Waals surface area contributed by atoms with Crippen molar-refractivity contribution in [3.63, 3.8) is 0 Å². The highest BCUT2D eigenvalue weighted by Crippen LogP contribution is 2.29. The third-order valence-corrected chi connectivity index (χ3v) is 5.64.